The van der Waals surface area contributed by atoms with Gasteiger partial charge in [0.05, 0.1) is 0 Å². The van der Waals surface area contributed by atoms with E-state index < -0.39 is 0 Å². The van der Waals surface area contributed by atoms with Gasteiger partial charge >= 0.3 is 0 Å². The molecule has 2 aliphatic rings. The summed E-state index contributed by atoms with van der Waals surface area (Å²) in [5.74, 6) is 0. The van der Waals surface area contributed by atoms with Crippen molar-refractivity contribution in [3.05, 3.63) is 261 Å². The van der Waals surface area contributed by atoms with E-state index in [1.165, 1.54) is 126 Å². The van der Waals surface area contributed by atoms with Gasteiger partial charge in [0.25, 0.3) is 6.71 Å². The van der Waals surface area contributed by atoms with E-state index in [0.717, 1.165) is 11.4 Å². The van der Waals surface area contributed by atoms with Crippen LogP contribution >= 0.6 is 0 Å². The summed E-state index contributed by atoms with van der Waals surface area (Å²) in [5, 5.41) is 12.3. The summed E-state index contributed by atoms with van der Waals surface area (Å²) in [6.45, 7) is -0.0675. The van der Waals surface area contributed by atoms with Crippen molar-refractivity contribution in [1.82, 2.24) is 0 Å². The molecule has 0 atom stereocenters. The lowest BCUT2D eigenvalue weighted by Gasteiger charge is -2.45. The highest BCUT2D eigenvalue weighted by Gasteiger charge is 2.45. The molecule has 0 spiro atoms. The summed E-state index contributed by atoms with van der Waals surface area (Å²) >= 11 is 0. The molecule has 15 rings (SSSR count). The molecule has 13 aromatic rings. The molecule has 0 aromatic heterocycles. The van der Waals surface area contributed by atoms with Crippen molar-refractivity contribution in [1.29, 1.82) is 0 Å². The largest absolute Gasteiger partial charge is 0.311 e. The number of nitrogens with zero attached hydrogens (tertiary/aromatic N) is 2. The Hall–Kier alpha value is -9.18. The average molecular weight is 899 g/mol. The van der Waals surface area contributed by atoms with Crippen molar-refractivity contribution in [2.75, 3.05) is 9.80 Å². The second-order valence-corrected chi connectivity index (χ2v) is 19.3. The van der Waals surface area contributed by atoms with Crippen molar-refractivity contribution < 1.29 is 0 Å². The van der Waals surface area contributed by atoms with E-state index in [9.17, 15) is 0 Å². The Kier molecular flexibility index (Phi) is 8.79. The lowest BCUT2D eigenvalue weighted by atomic mass is 9.33. The zero-order valence-corrected chi connectivity index (χ0v) is 38.8. The molecule has 0 fully saturated rings. The van der Waals surface area contributed by atoms with Crippen molar-refractivity contribution in [2.24, 2.45) is 0 Å². The first-order valence-electron chi connectivity index (χ1n) is 24.7. The predicted octanol–water partition coefficient (Wildman–Crippen LogP) is 16.5. The second kappa shape index (κ2) is 15.7. The molecule has 13 aromatic carbocycles. The van der Waals surface area contributed by atoms with Crippen LogP contribution in [0.3, 0.4) is 0 Å². The number of hydrogen-bond acceptors (Lipinski definition) is 2. The Morgan fingerprint density at radius 2 is 0.606 bits per heavy atom. The minimum atomic E-state index is -0.0675. The Morgan fingerprint density at radius 3 is 1.07 bits per heavy atom. The summed E-state index contributed by atoms with van der Waals surface area (Å²) in [6.07, 6.45) is 0. The predicted molar refractivity (Wildman–Crippen MR) is 304 cm³/mol. The molecular formula is C68H43BN2. The molecule has 0 bridgehead atoms. The second-order valence-electron chi connectivity index (χ2n) is 19.3. The van der Waals surface area contributed by atoms with Crippen molar-refractivity contribution in [3.63, 3.8) is 0 Å². The Balaban J connectivity index is 1.08. The summed E-state index contributed by atoms with van der Waals surface area (Å²) < 4.78 is 0. The van der Waals surface area contributed by atoms with Gasteiger partial charge in [-0.15, -0.1) is 0 Å². The van der Waals surface area contributed by atoms with Gasteiger partial charge in [0, 0.05) is 44.9 Å². The Bertz CT molecular complexity index is 4040. The first kappa shape index (κ1) is 39.8. The van der Waals surface area contributed by atoms with Crippen molar-refractivity contribution in [2.45, 2.75) is 0 Å². The van der Waals surface area contributed by atoms with Gasteiger partial charge < -0.3 is 9.80 Å². The molecule has 2 heterocycles. The fourth-order valence-corrected chi connectivity index (χ4v) is 11.9. The van der Waals surface area contributed by atoms with Crippen LogP contribution in [-0.2, 0) is 0 Å². The number of hydrogen-bond donors (Lipinski definition) is 0. The number of rotatable bonds is 5. The van der Waals surface area contributed by atoms with Crippen LogP contribution in [0.4, 0.5) is 34.1 Å². The lowest BCUT2D eigenvalue weighted by molar-refractivity contribution is 1.27. The van der Waals surface area contributed by atoms with Crippen molar-refractivity contribution in [3.8, 4) is 33.4 Å². The highest BCUT2D eigenvalue weighted by atomic mass is 15.2. The van der Waals surface area contributed by atoms with Gasteiger partial charge in [-0.3, -0.25) is 0 Å². The van der Waals surface area contributed by atoms with Crippen molar-refractivity contribution >= 4 is 111 Å². The summed E-state index contributed by atoms with van der Waals surface area (Å²) in [7, 11) is 0. The van der Waals surface area contributed by atoms with Crippen LogP contribution in [0.25, 0.3) is 87.2 Å². The van der Waals surface area contributed by atoms with E-state index in [1.54, 1.807) is 0 Å². The topological polar surface area (TPSA) is 6.48 Å². The maximum absolute atomic E-state index is 2.59. The molecule has 2 aliphatic heterocycles. The highest BCUT2D eigenvalue weighted by molar-refractivity contribution is 7.00. The van der Waals surface area contributed by atoms with Crippen LogP contribution in [0.1, 0.15) is 0 Å². The van der Waals surface area contributed by atoms with E-state index in [4.69, 9.17) is 0 Å². The zero-order valence-electron chi connectivity index (χ0n) is 38.8. The van der Waals surface area contributed by atoms with Gasteiger partial charge in [-0.25, -0.2) is 0 Å². The van der Waals surface area contributed by atoms with E-state index in [0.29, 0.717) is 0 Å². The molecule has 0 unspecified atom stereocenters. The maximum Gasteiger partial charge on any atom is 0.252 e. The monoisotopic (exact) mass is 898 g/mol. The molecule has 0 radical (unpaired) electrons. The third kappa shape index (κ3) is 6.30. The Morgan fingerprint density at radius 1 is 0.239 bits per heavy atom. The molecule has 2 nitrogen and oxygen atoms in total. The van der Waals surface area contributed by atoms with Crippen LogP contribution in [0.5, 0.6) is 0 Å². The fraction of sp³-hybridized carbons (Fsp3) is 0. The average Bonchev–Trinajstić information content (AvgIpc) is 3.44. The zero-order chi connectivity index (χ0) is 46.6. The number of anilines is 6. The SMILES string of the molecule is c1ccc(-c2ccc(N3c4cc(-c5ccc6ccccc6c5)cc5c4B(c4ccc6cc7ccccc7cc6c43)c3ccc4cc6ccccc6cc4c3N5c3ccc(-c4ccccc4)cc3)cc2)cc1. The van der Waals surface area contributed by atoms with Gasteiger partial charge in [-0.05, 0) is 160 Å². The Labute approximate surface area is 413 Å². The molecule has 0 saturated carbocycles. The first-order chi connectivity index (χ1) is 35.2. The van der Waals surface area contributed by atoms with Crippen LogP contribution in [0, 0.1) is 0 Å². The standard InChI is InChI=1S/C68H43BN2/c1-3-13-44(14-4-1)47-25-31-58(32-26-47)70-64-42-57(54-24-23-46-17-7-8-18-49(46)37-54)43-65-66(64)69(62-35-29-55-38-50-19-9-11-21-52(50)40-60(55)67(62)70)63-36-30-56-39-51-20-10-12-22-53(51)41-61(56)68(63)71(65)59-33-27-48(28-34-59)45-15-5-2-6-16-45/h1-43H. The fourth-order valence-electron chi connectivity index (χ4n) is 11.9. The van der Waals surface area contributed by atoms with Crippen LogP contribution in [0.15, 0.2) is 261 Å². The number of benzene rings is 13. The van der Waals surface area contributed by atoms with E-state index >= 15 is 0 Å². The minimum Gasteiger partial charge on any atom is -0.311 e. The molecule has 3 heteroatoms. The molecule has 328 valence electrons. The third-order valence-corrected chi connectivity index (χ3v) is 15.3. The molecule has 0 saturated heterocycles. The van der Waals surface area contributed by atoms with E-state index in [-0.39, 0.29) is 6.71 Å². The first-order valence-corrected chi connectivity index (χ1v) is 24.7. The van der Waals surface area contributed by atoms with Gasteiger partial charge in [0.2, 0.25) is 0 Å². The van der Waals surface area contributed by atoms with E-state index in [2.05, 4.69) is 271 Å². The van der Waals surface area contributed by atoms with E-state index in [1.807, 2.05) is 0 Å². The summed E-state index contributed by atoms with van der Waals surface area (Å²) in [5.41, 5.74) is 18.1. The maximum atomic E-state index is 2.59. The molecule has 0 N–H and O–H groups in total. The van der Waals surface area contributed by atoms with Crippen LogP contribution in [-0.4, -0.2) is 6.71 Å². The van der Waals surface area contributed by atoms with Gasteiger partial charge in [0.15, 0.2) is 0 Å². The quantitative estimate of drug-likeness (QED) is 0.125. The summed E-state index contributed by atoms with van der Waals surface area (Å²) in [6, 6.07) is 97.4. The third-order valence-electron chi connectivity index (χ3n) is 15.3. The number of fused-ring (bicyclic) bond motifs is 11. The van der Waals surface area contributed by atoms with Gasteiger partial charge in [-0.2, -0.15) is 0 Å². The molecule has 71 heavy (non-hydrogen) atoms. The van der Waals surface area contributed by atoms with Crippen LogP contribution in [0.2, 0.25) is 0 Å². The van der Waals surface area contributed by atoms with Gasteiger partial charge in [-0.1, -0.05) is 194 Å². The van der Waals surface area contributed by atoms with Gasteiger partial charge in [0.1, 0.15) is 0 Å². The van der Waals surface area contributed by atoms with Crippen LogP contribution < -0.4 is 26.2 Å². The summed E-state index contributed by atoms with van der Waals surface area (Å²) in [4.78, 5) is 5.19. The molecular weight excluding hydrogens is 856 g/mol. The molecule has 0 amide bonds. The highest BCUT2D eigenvalue weighted by Crippen LogP contribution is 2.50. The molecule has 0 aliphatic carbocycles. The minimum absolute atomic E-state index is 0.0675. The lowest BCUT2D eigenvalue weighted by Crippen LogP contribution is -2.61. The smallest absolute Gasteiger partial charge is 0.252 e. The normalized spacial score (nSPS) is 12.7.